The molecule has 0 radical (unpaired) electrons. The van der Waals surface area contributed by atoms with Crippen LogP contribution in [0.3, 0.4) is 0 Å². The highest BCUT2D eigenvalue weighted by molar-refractivity contribution is 7.92. The first-order valence-corrected chi connectivity index (χ1v) is 9.69. The molecule has 1 N–H and O–H groups in total. The largest absolute Gasteiger partial charge is 0.276 e. The molecule has 0 aliphatic carbocycles. The minimum absolute atomic E-state index is 0.0110. The van der Waals surface area contributed by atoms with Gasteiger partial charge < -0.3 is 0 Å². The lowest BCUT2D eigenvalue weighted by atomic mass is 10.2. The number of hydrogen-bond donors (Lipinski definition) is 1. The van der Waals surface area contributed by atoms with E-state index in [1.165, 1.54) is 12.1 Å². The number of aryl methyl sites for hydroxylation is 1. The highest BCUT2D eigenvalue weighted by Crippen LogP contribution is 2.24. The Morgan fingerprint density at radius 2 is 1.69 bits per heavy atom. The standard InChI is InChI=1S/C18H17ClFN3O2S/c1-12-18(22-26(24,25)17-9-7-16(20)8-10-17)13(2)23(21-12)11-14-3-5-15(19)6-4-14/h3-10,22H,11H2,1-2H3. The Labute approximate surface area is 156 Å². The molecule has 0 spiro atoms. The predicted octanol–water partition coefficient (Wildman–Crippen LogP) is 4.14. The van der Waals surface area contributed by atoms with E-state index in [9.17, 15) is 12.8 Å². The Bertz CT molecular complexity index is 1030. The van der Waals surface area contributed by atoms with E-state index < -0.39 is 15.8 Å². The number of rotatable bonds is 5. The summed E-state index contributed by atoms with van der Waals surface area (Å²) in [7, 11) is -3.83. The number of benzene rings is 2. The van der Waals surface area contributed by atoms with Crippen molar-refractivity contribution in [2.45, 2.75) is 25.3 Å². The lowest BCUT2D eigenvalue weighted by molar-refractivity contribution is 0.599. The van der Waals surface area contributed by atoms with E-state index in [1.807, 2.05) is 12.1 Å². The van der Waals surface area contributed by atoms with E-state index >= 15 is 0 Å². The number of anilines is 1. The molecule has 5 nitrogen and oxygen atoms in total. The first kappa shape index (κ1) is 18.4. The van der Waals surface area contributed by atoms with Crippen LogP contribution in [0.25, 0.3) is 0 Å². The van der Waals surface area contributed by atoms with Gasteiger partial charge in [0.2, 0.25) is 0 Å². The van der Waals surface area contributed by atoms with Crippen LogP contribution in [-0.4, -0.2) is 18.2 Å². The summed E-state index contributed by atoms with van der Waals surface area (Å²) in [5.41, 5.74) is 2.65. The van der Waals surface area contributed by atoms with Gasteiger partial charge in [0.15, 0.2) is 0 Å². The molecule has 3 rings (SSSR count). The van der Waals surface area contributed by atoms with E-state index in [-0.39, 0.29) is 4.90 Å². The fourth-order valence-corrected chi connectivity index (χ4v) is 3.87. The van der Waals surface area contributed by atoms with Gasteiger partial charge in [-0.25, -0.2) is 12.8 Å². The van der Waals surface area contributed by atoms with Crippen LogP contribution < -0.4 is 4.72 Å². The number of nitrogens with one attached hydrogen (secondary N) is 1. The zero-order chi connectivity index (χ0) is 18.9. The highest BCUT2D eigenvalue weighted by atomic mass is 35.5. The summed E-state index contributed by atoms with van der Waals surface area (Å²) in [6.45, 7) is 4.01. The predicted molar refractivity (Wildman–Crippen MR) is 99.5 cm³/mol. The number of hydrogen-bond acceptors (Lipinski definition) is 3. The molecule has 0 aliphatic heterocycles. The maximum atomic E-state index is 13.0. The summed E-state index contributed by atoms with van der Waals surface area (Å²) in [5, 5.41) is 5.06. The second-order valence-corrected chi connectivity index (χ2v) is 8.01. The summed E-state index contributed by atoms with van der Waals surface area (Å²) in [5.74, 6) is -0.493. The molecule has 8 heteroatoms. The SMILES string of the molecule is Cc1nn(Cc2ccc(Cl)cc2)c(C)c1NS(=O)(=O)c1ccc(F)cc1. The first-order chi connectivity index (χ1) is 12.3. The van der Waals surface area contributed by atoms with Gasteiger partial charge in [0.1, 0.15) is 5.82 Å². The second-order valence-electron chi connectivity index (χ2n) is 5.89. The molecule has 2 aromatic carbocycles. The molecule has 26 heavy (non-hydrogen) atoms. The molecule has 0 aliphatic rings. The van der Waals surface area contributed by atoms with E-state index in [0.29, 0.717) is 28.6 Å². The summed E-state index contributed by atoms with van der Waals surface area (Å²) < 4.78 is 42.4. The average Bonchev–Trinajstić information content (AvgIpc) is 2.84. The topological polar surface area (TPSA) is 64.0 Å². The van der Waals surface area contributed by atoms with Crippen LogP contribution in [0.4, 0.5) is 10.1 Å². The first-order valence-electron chi connectivity index (χ1n) is 7.83. The third-order valence-electron chi connectivity index (χ3n) is 3.99. The maximum Gasteiger partial charge on any atom is 0.262 e. The summed E-state index contributed by atoms with van der Waals surface area (Å²) in [6, 6.07) is 12.0. The van der Waals surface area contributed by atoms with Crippen molar-refractivity contribution in [3.8, 4) is 0 Å². The molecule has 0 saturated heterocycles. The van der Waals surface area contributed by atoms with Crippen LogP contribution in [0.15, 0.2) is 53.4 Å². The third-order valence-corrected chi connectivity index (χ3v) is 5.61. The van der Waals surface area contributed by atoms with Gasteiger partial charge in [-0.05, 0) is 55.8 Å². The van der Waals surface area contributed by atoms with E-state index in [1.54, 1.807) is 30.7 Å². The molecule has 1 heterocycles. The molecular formula is C18H17ClFN3O2S. The Kier molecular flexibility index (Phi) is 5.02. The number of halogens is 2. The van der Waals surface area contributed by atoms with Gasteiger partial charge in [-0.15, -0.1) is 0 Å². The van der Waals surface area contributed by atoms with Gasteiger partial charge >= 0.3 is 0 Å². The van der Waals surface area contributed by atoms with Gasteiger partial charge in [0, 0.05) is 5.02 Å². The zero-order valence-corrected chi connectivity index (χ0v) is 15.8. The molecule has 0 amide bonds. The van der Waals surface area contributed by atoms with Crippen LogP contribution in [0.1, 0.15) is 17.0 Å². The second kappa shape index (κ2) is 7.09. The molecule has 0 unspecified atom stereocenters. The number of nitrogens with zero attached hydrogens (tertiary/aromatic N) is 2. The lowest BCUT2D eigenvalue weighted by Gasteiger charge is -2.09. The number of sulfonamides is 1. The van der Waals surface area contributed by atoms with E-state index in [2.05, 4.69) is 9.82 Å². The van der Waals surface area contributed by atoms with Gasteiger partial charge in [-0.1, -0.05) is 23.7 Å². The average molecular weight is 394 g/mol. The van der Waals surface area contributed by atoms with Crippen LogP contribution in [0.2, 0.25) is 5.02 Å². The minimum Gasteiger partial charge on any atom is -0.276 e. The normalized spacial score (nSPS) is 11.5. The Balaban J connectivity index is 1.88. The van der Waals surface area contributed by atoms with Gasteiger partial charge in [-0.3, -0.25) is 9.40 Å². The zero-order valence-electron chi connectivity index (χ0n) is 14.2. The quantitative estimate of drug-likeness (QED) is 0.708. The van der Waals surface area contributed by atoms with Gasteiger partial charge in [0.25, 0.3) is 10.0 Å². The van der Waals surface area contributed by atoms with E-state index in [4.69, 9.17) is 11.6 Å². The monoisotopic (exact) mass is 393 g/mol. The van der Waals surface area contributed by atoms with Crippen molar-refractivity contribution in [1.29, 1.82) is 0 Å². The van der Waals surface area contributed by atoms with Gasteiger partial charge in [0.05, 0.1) is 28.5 Å². The van der Waals surface area contributed by atoms with Crippen LogP contribution in [-0.2, 0) is 16.6 Å². The summed E-state index contributed by atoms with van der Waals surface area (Å²) >= 11 is 5.89. The summed E-state index contributed by atoms with van der Waals surface area (Å²) in [6.07, 6.45) is 0. The van der Waals surface area contributed by atoms with Crippen LogP contribution in [0, 0.1) is 19.7 Å². The van der Waals surface area contributed by atoms with Crippen molar-refractivity contribution in [2.24, 2.45) is 0 Å². The molecule has 0 bridgehead atoms. The molecule has 0 fully saturated rings. The Morgan fingerprint density at radius 1 is 1.08 bits per heavy atom. The smallest absolute Gasteiger partial charge is 0.262 e. The molecule has 136 valence electrons. The highest BCUT2D eigenvalue weighted by Gasteiger charge is 2.20. The van der Waals surface area contributed by atoms with Crippen molar-refractivity contribution in [3.05, 3.63) is 76.3 Å². The van der Waals surface area contributed by atoms with Crippen molar-refractivity contribution < 1.29 is 12.8 Å². The lowest BCUT2D eigenvalue weighted by Crippen LogP contribution is -2.14. The fraction of sp³-hybridized carbons (Fsp3) is 0.167. The van der Waals surface area contributed by atoms with Crippen molar-refractivity contribution in [2.75, 3.05) is 4.72 Å². The summed E-state index contributed by atoms with van der Waals surface area (Å²) in [4.78, 5) is -0.0110. The molecule has 0 saturated carbocycles. The Hall–Kier alpha value is -2.38. The third kappa shape index (κ3) is 3.89. The van der Waals surface area contributed by atoms with E-state index in [0.717, 1.165) is 17.7 Å². The van der Waals surface area contributed by atoms with Crippen LogP contribution >= 0.6 is 11.6 Å². The van der Waals surface area contributed by atoms with Gasteiger partial charge in [-0.2, -0.15) is 5.10 Å². The maximum absolute atomic E-state index is 13.0. The van der Waals surface area contributed by atoms with Crippen molar-refractivity contribution in [1.82, 2.24) is 9.78 Å². The number of aromatic nitrogens is 2. The Morgan fingerprint density at radius 3 is 2.31 bits per heavy atom. The molecule has 3 aromatic rings. The minimum atomic E-state index is -3.83. The van der Waals surface area contributed by atoms with Crippen molar-refractivity contribution in [3.63, 3.8) is 0 Å². The van der Waals surface area contributed by atoms with Crippen LogP contribution in [0.5, 0.6) is 0 Å². The molecule has 1 aromatic heterocycles. The van der Waals surface area contributed by atoms with Crippen molar-refractivity contribution >= 4 is 27.3 Å². The fourth-order valence-electron chi connectivity index (χ4n) is 2.57. The molecule has 0 atom stereocenters. The molecular weight excluding hydrogens is 377 g/mol.